The Balaban J connectivity index is 1.43. The van der Waals surface area contributed by atoms with E-state index in [1.54, 1.807) is 42.5 Å². The van der Waals surface area contributed by atoms with Crippen LogP contribution in [-0.4, -0.2) is 23.0 Å². The molecule has 0 atom stereocenters. The van der Waals surface area contributed by atoms with Crippen molar-refractivity contribution >= 4 is 32.0 Å². The van der Waals surface area contributed by atoms with E-state index in [9.17, 15) is 13.2 Å². The highest BCUT2D eigenvalue weighted by atomic mass is 32.2. The molecule has 2 aromatic carbocycles. The predicted molar refractivity (Wildman–Crippen MR) is 119 cm³/mol. The summed E-state index contributed by atoms with van der Waals surface area (Å²) in [5.74, 6) is 0.528. The molecule has 0 saturated heterocycles. The summed E-state index contributed by atoms with van der Waals surface area (Å²) in [6.07, 6.45) is 1.75. The molecule has 0 amide bonds. The maximum Gasteiger partial charge on any atom is 0.275 e. The summed E-state index contributed by atoms with van der Waals surface area (Å²) in [6, 6.07) is 16.1. The number of nitrogens with zero attached hydrogens (tertiary/aromatic N) is 3. The summed E-state index contributed by atoms with van der Waals surface area (Å²) >= 11 is 1.40. The quantitative estimate of drug-likeness (QED) is 0.435. The lowest BCUT2D eigenvalue weighted by molar-refractivity contribution is 0.301. The third kappa shape index (κ3) is 4.92. The Morgan fingerprint density at radius 2 is 1.84 bits per heavy atom. The van der Waals surface area contributed by atoms with E-state index in [2.05, 4.69) is 21.7 Å². The zero-order chi connectivity index (χ0) is 21.8. The van der Waals surface area contributed by atoms with Crippen LogP contribution in [0.1, 0.15) is 24.0 Å². The standard InChI is InChI=1S/C21H20N4O4S2/c1-2-6-19-23-25-20(26)13-16(22-21(25)30-19)14-29-17-11-9-15(10-12-17)24-31(27,28)18-7-4-3-5-8-18/h3-5,7-13,24H,2,6,14H2,1H3. The molecule has 2 aromatic heterocycles. The van der Waals surface area contributed by atoms with Crippen molar-refractivity contribution in [1.29, 1.82) is 0 Å². The van der Waals surface area contributed by atoms with Gasteiger partial charge in [0, 0.05) is 18.2 Å². The molecule has 0 unspecified atom stereocenters. The first-order valence-electron chi connectivity index (χ1n) is 9.64. The Morgan fingerprint density at radius 3 is 2.55 bits per heavy atom. The van der Waals surface area contributed by atoms with Crippen LogP contribution in [0.25, 0.3) is 4.96 Å². The molecule has 4 rings (SSSR count). The molecule has 31 heavy (non-hydrogen) atoms. The molecule has 0 bridgehead atoms. The number of ether oxygens (including phenoxy) is 1. The van der Waals surface area contributed by atoms with Crippen LogP contribution in [-0.2, 0) is 23.1 Å². The molecule has 0 aliphatic rings. The summed E-state index contributed by atoms with van der Waals surface area (Å²) in [6.45, 7) is 2.17. The predicted octanol–water partition coefficient (Wildman–Crippen LogP) is 3.48. The minimum absolute atomic E-state index is 0.113. The third-order valence-corrected chi connectivity index (χ3v) is 6.72. The van der Waals surface area contributed by atoms with Crippen molar-refractivity contribution in [1.82, 2.24) is 14.6 Å². The first kappa shape index (κ1) is 21.0. The minimum Gasteiger partial charge on any atom is -0.487 e. The fourth-order valence-electron chi connectivity index (χ4n) is 2.87. The molecular weight excluding hydrogens is 436 g/mol. The number of aryl methyl sites for hydroxylation is 1. The van der Waals surface area contributed by atoms with Crippen LogP contribution < -0.4 is 15.0 Å². The van der Waals surface area contributed by atoms with Crippen LogP contribution in [0.4, 0.5) is 5.69 Å². The molecule has 2 heterocycles. The second kappa shape index (κ2) is 8.86. The van der Waals surface area contributed by atoms with Gasteiger partial charge in [0.2, 0.25) is 4.96 Å². The number of rotatable bonds is 8. The Bertz CT molecular complexity index is 1350. The highest BCUT2D eigenvalue weighted by molar-refractivity contribution is 7.92. The Kier molecular flexibility index (Phi) is 6.01. The lowest BCUT2D eigenvalue weighted by Crippen LogP contribution is -2.16. The molecule has 10 heteroatoms. The highest BCUT2D eigenvalue weighted by Crippen LogP contribution is 2.20. The van der Waals surface area contributed by atoms with E-state index < -0.39 is 10.0 Å². The first-order valence-corrected chi connectivity index (χ1v) is 11.9. The van der Waals surface area contributed by atoms with E-state index in [1.807, 2.05) is 0 Å². The Labute approximate surface area is 183 Å². The number of hydrogen-bond donors (Lipinski definition) is 1. The van der Waals surface area contributed by atoms with E-state index in [-0.39, 0.29) is 17.1 Å². The number of benzene rings is 2. The van der Waals surface area contributed by atoms with Gasteiger partial charge in [0.15, 0.2) is 0 Å². The zero-order valence-electron chi connectivity index (χ0n) is 16.7. The fraction of sp³-hybridized carbons (Fsp3) is 0.190. The van der Waals surface area contributed by atoms with Crippen molar-refractivity contribution in [2.24, 2.45) is 0 Å². The molecule has 0 aliphatic carbocycles. The fourth-order valence-corrected chi connectivity index (χ4v) is 4.97. The molecule has 4 aromatic rings. The molecule has 0 radical (unpaired) electrons. The van der Waals surface area contributed by atoms with E-state index in [4.69, 9.17) is 4.74 Å². The van der Waals surface area contributed by atoms with Crippen molar-refractivity contribution in [2.75, 3.05) is 4.72 Å². The summed E-state index contributed by atoms with van der Waals surface area (Å²) in [7, 11) is -3.65. The van der Waals surface area contributed by atoms with Crippen molar-refractivity contribution in [3.63, 3.8) is 0 Å². The first-order chi connectivity index (χ1) is 14.9. The number of anilines is 1. The molecule has 0 fully saturated rings. The van der Waals surface area contributed by atoms with E-state index in [0.717, 1.165) is 17.8 Å². The number of nitrogens with one attached hydrogen (secondary N) is 1. The van der Waals surface area contributed by atoms with Gasteiger partial charge in [0.1, 0.15) is 17.4 Å². The molecular formula is C21H20N4O4S2. The van der Waals surface area contributed by atoms with E-state index >= 15 is 0 Å². The van der Waals surface area contributed by atoms with Crippen molar-refractivity contribution in [3.8, 4) is 5.75 Å². The second-order valence-corrected chi connectivity index (χ2v) is 9.48. The van der Waals surface area contributed by atoms with Gasteiger partial charge < -0.3 is 4.74 Å². The normalized spacial score (nSPS) is 11.5. The Morgan fingerprint density at radius 1 is 1.10 bits per heavy atom. The summed E-state index contributed by atoms with van der Waals surface area (Å²) in [4.78, 5) is 17.5. The number of hydrogen-bond acceptors (Lipinski definition) is 7. The average Bonchev–Trinajstić information content (AvgIpc) is 3.17. The van der Waals surface area contributed by atoms with Gasteiger partial charge in [-0.3, -0.25) is 9.52 Å². The van der Waals surface area contributed by atoms with Crippen LogP contribution >= 0.6 is 11.3 Å². The van der Waals surface area contributed by atoms with Crippen LogP contribution in [0.15, 0.2) is 70.4 Å². The summed E-state index contributed by atoms with van der Waals surface area (Å²) in [5, 5.41) is 5.16. The number of aromatic nitrogens is 3. The summed E-state index contributed by atoms with van der Waals surface area (Å²) < 4.78 is 34.3. The third-order valence-electron chi connectivity index (χ3n) is 4.35. The van der Waals surface area contributed by atoms with E-state index in [0.29, 0.717) is 22.1 Å². The Hall–Kier alpha value is -3.24. The van der Waals surface area contributed by atoms with Gasteiger partial charge in [-0.15, -0.1) is 0 Å². The molecule has 0 spiro atoms. The van der Waals surface area contributed by atoms with E-state index in [1.165, 1.54) is 34.1 Å². The van der Waals surface area contributed by atoms with Crippen LogP contribution in [0.3, 0.4) is 0 Å². The highest BCUT2D eigenvalue weighted by Gasteiger charge is 2.13. The summed E-state index contributed by atoms with van der Waals surface area (Å²) in [5.41, 5.74) is 0.681. The second-order valence-electron chi connectivity index (χ2n) is 6.76. The van der Waals surface area contributed by atoms with Crippen LogP contribution in [0.2, 0.25) is 0 Å². The SMILES string of the molecule is CCCc1nn2c(=O)cc(COc3ccc(NS(=O)(=O)c4ccccc4)cc3)nc2s1. The molecule has 8 nitrogen and oxygen atoms in total. The average molecular weight is 457 g/mol. The number of sulfonamides is 1. The lowest BCUT2D eigenvalue weighted by atomic mass is 10.3. The van der Waals surface area contributed by atoms with Gasteiger partial charge in [0.05, 0.1) is 10.6 Å². The lowest BCUT2D eigenvalue weighted by Gasteiger charge is -2.09. The minimum atomic E-state index is -3.65. The van der Waals surface area contributed by atoms with Crippen LogP contribution in [0.5, 0.6) is 5.75 Å². The van der Waals surface area contributed by atoms with Gasteiger partial charge in [-0.2, -0.15) is 9.61 Å². The van der Waals surface area contributed by atoms with Gasteiger partial charge in [-0.05, 0) is 42.8 Å². The largest absolute Gasteiger partial charge is 0.487 e. The zero-order valence-corrected chi connectivity index (χ0v) is 18.3. The van der Waals surface area contributed by atoms with Gasteiger partial charge in [-0.1, -0.05) is 36.5 Å². The van der Waals surface area contributed by atoms with Gasteiger partial charge >= 0.3 is 0 Å². The molecule has 1 N–H and O–H groups in total. The monoisotopic (exact) mass is 456 g/mol. The molecule has 0 aliphatic heterocycles. The number of fused-ring (bicyclic) bond motifs is 1. The molecule has 0 saturated carbocycles. The van der Waals surface area contributed by atoms with Crippen LogP contribution in [0, 0.1) is 0 Å². The maximum atomic E-state index is 12.4. The van der Waals surface area contributed by atoms with Crippen molar-refractivity contribution in [3.05, 3.63) is 81.7 Å². The van der Waals surface area contributed by atoms with Crippen molar-refractivity contribution in [2.45, 2.75) is 31.3 Å². The smallest absolute Gasteiger partial charge is 0.275 e. The maximum absolute atomic E-state index is 12.4. The van der Waals surface area contributed by atoms with Crippen molar-refractivity contribution < 1.29 is 13.2 Å². The van der Waals surface area contributed by atoms with Gasteiger partial charge in [0.25, 0.3) is 15.6 Å². The topological polar surface area (TPSA) is 103 Å². The van der Waals surface area contributed by atoms with Gasteiger partial charge in [-0.25, -0.2) is 13.4 Å². The molecule has 160 valence electrons.